The number of carbonyl (C=O) groups excluding carboxylic acids is 2. The van der Waals surface area contributed by atoms with Gasteiger partial charge in [-0.05, 0) is 44.0 Å². The normalized spacial score (nSPS) is 14.9. The Labute approximate surface area is 120 Å². The van der Waals surface area contributed by atoms with Crippen LogP contribution in [0.5, 0.6) is 0 Å². The lowest BCUT2D eigenvalue weighted by atomic mass is 10.1. The van der Waals surface area contributed by atoms with Crippen LogP contribution in [0.4, 0.5) is 0 Å². The van der Waals surface area contributed by atoms with E-state index in [2.05, 4.69) is 26.8 Å². The van der Waals surface area contributed by atoms with Crippen molar-refractivity contribution in [3.8, 4) is 0 Å². The average Bonchev–Trinajstić information content (AvgIpc) is 3.21. The minimum atomic E-state index is -0.0989. The second-order valence-corrected chi connectivity index (χ2v) is 5.50. The molecule has 1 aliphatic carbocycles. The third kappa shape index (κ3) is 4.21. The molecule has 0 unspecified atom stereocenters. The predicted octanol–water partition coefficient (Wildman–Crippen LogP) is 2.57. The molecule has 1 aromatic carbocycles. The maximum atomic E-state index is 11.9. The molecule has 0 saturated heterocycles. The molecule has 0 aromatic heterocycles. The Kier molecular flexibility index (Phi) is 4.37. The maximum Gasteiger partial charge on any atom is 0.241 e. The molecule has 19 heavy (non-hydrogen) atoms. The smallest absolute Gasteiger partial charge is 0.241 e. The van der Waals surface area contributed by atoms with Gasteiger partial charge in [-0.2, -0.15) is 0 Å². The van der Waals surface area contributed by atoms with Crippen molar-refractivity contribution in [2.24, 2.45) is 5.92 Å². The van der Waals surface area contributed by atoms with E-state index in [9.17, 15) is 9.59 Å². The van der Waals surface area contributed by atoms with E-state index >= 15 is 0 Å². The second kappa shape index (κ2) is 6.02. The zero-order valence-corrected chi connectivity index (χ0v) is 12.2. The maximum absolute atomic E-state index is 11.9. The van der Waals surface area contributed by atoms with Gasteiger partial charge in [-0.15, -0.1) is 0 Å². The summed E-state index contributed by atoms with van der Waals surface area (Å²) in [6.45, 7) is 1.74. The lowest BCUT2D eigenvalue weighted by Gasteiger charge is -2.07. The summed E-state index contributed by atoms with van der Waals surface area (Å²) in [5.41, 5.74) is 6.56. The first-order chi connectivity index (χ1) is 9.06. The minimum absolute atomic E-state index is 0.0103. The van der Waals surface area contributed by atoms with Crippen LogP contribution in [0.1, 0.15) is 30.1 Å². The molecule has 1 saturated carbocycles. The molecule has 2 N–H and O–H groups in total. The summed E-state index contributed by atoms with van der Waals surface area (Å²) >= 11 is 3.32. The van der Waals surface area contributed by atoms with E-state index in [4.69, 9.17) is 0 Å². The van der Waals surface area contributed by atoms with E-state index in [-0.39, 0.29) is 17.6 Å². The number of amides is 1. The third-order valence-electron chi connectivity index (χ3n) is 2.81. The van der Waals surface area contributed by atoms with E-state index in [1.165, 1.54) is 6.08 Å². The van der Waals surface area contributed by atoms with Gasteiger partial charge in [0.05, 0.1) is 0 Å². The molecule has 0 spiro atoms. The summed E-state index contributed by atoms with van der Waals surface area (Å²) < 4.78 is 0.930. The fourth-order valence-electron chi connectivity index (χ4n) is 1.54. The molecular weight excluding hydrogens is 308 g/mol. The van der Waals surface area contributed by atoms with Crippen LogP contribution >= 0.6 is 15.9 Å². The summed E-state index contributed by atoms with van der Waals surface area (Å²) in [6, 6.07) is 7.13. The average molecular weight is 323 g/mol. The molecule has 1 aliphatic rings. The molecule has 2 rings (SSSR count). The number of allylic oxidation sites excluding steroid dienone is 2. The monoisotopic (exact) mass is 322 g/mol. The van der Waals surface area contributed by atoms with Crippen molar-refractivity contribution in [1.29, 1.82) is 0 Å². The van der Waals surface area contributed by atoms with Crippen LogP contribution in [0, 0.1) is 5.92 Å². The molecule has 1 fully saturated rings. The first-order valence-corrected chi connectivity index (χ1v) is 6.89. The van der Waals surface area contributed by atoms with Crippen LogP contribution in [-0.2, 0) is 4.79 Å². The molecule has 0 bridgehead atoms. The minimum Gasteiger partial charge on any atom is -0.303 e. The SMILES string of the molecule is C/C(=C/C(=O)c1ccc(Br)cc1)NNC(=O)C1CC1. The highest BCUT2D eigenvalue weighted by atomic mass is 79.9. The van der Waals surface area contributed by atoms with Crippen LogP contribution in [-0.4, -0.2) is 11.7 Å². The zero-order chi connectivity index (χ0) is 13.8. The number of hydrogen-bond acceptors (Lipinski definition) is 3. The van der Waals surface area contributed by atoms with Crippen LogP contribution in [0.15, 0.2) is 40.5 Å². The number of hydrogen-bond donors (Lipinski definition) is 2. The number of benzene rings is 1. The molecule has 4 nitrogen and oxygen atoms in total. The van der Waals surface area contributed by atoms with Crippen LogP contribution in [0.25, 0.3) is 0 Å². The van der Waals surface area contributed by atoms with Crippen LogP contribution in [0.2, 0.25) is 0 Å². The van der Waals surface area contributed by atoms with E-state index in [1.807, 2.05) is 12.1 Å². The number of nitrogens with one attached hydrogen (secondary N) is 2. The molecule has 0 heterocycles. The number of ketones is 1. The van der Waals surface area contributed by atoms with Gasteiger partial charge < -0.3 is 5.43 Å². The number of carbonyl (C=O) groups is 2. The summed E-state index contributed by atoms with van der Waals surface area (Å²) in [4.78, 5) is 23.3. The lowest BCUT2D eigenvalue weighted by Crippen LogP contribution is -2.37. The molecule has 1 amide bonds. The van der Waals surface area contributed by atoms with Gasteiger partial charge in [0, 0.05) is 27.7 Å². The van der Waals surface area contributed by atoms with E-state index in [0.717, 1.165) is 17.3 Å². The van der Waals surface area contributed by atoms with Gasteiger partial charge in [0.1, 0.15) is 0 Å². The third-order valence-corrected chi connectivity index (χ3v) is 3.34. The van der Waals surface area contributed by atoms with Gasteiger partial charge in [-0.25, -0.2) is 0 Å². The fraction of sp³-hybridized carbons (Fsp3) is 0.286. The first kappa shape index (κ1) is 13.8. The molecule has 1 aromatic rings. The van der Waals surface area contributed by atoms with Crippen molar-refractivity contribution in [2.45, 2.75) is 19.8 Å². The van der Waals surface area contributed by atoms with E-state index in [1.54, 1.807) is 19.1 Å². The largest absolute Gasteiger partial charge is 0.303 e. The van der Waals surface area contributed by atoms with E-state index < -0.39 is 0 Å². The van der Waals surface area contributed by atoms with Gasteiger partial charge in [0.2, 0.25) is 5.91 Å². The Balaban J connectivity index is 1.89. The molecule has 0 atom stereocenters. The van der Waals surface area contributed by atoms with Crippen LogP contribution < -0.4 is 10.9 Å². The molecule has 5 heteroatoms. The van der Waals surface area contributed by atoms with Gasteiger partial charge >= 0.3 is 0 Å². The molecule has 0 aliphatic heterocycles. The van der Waals surface area contributed by atoms with E-state index in [0.29, 0.717) is 11.3 Å². The summed E-state index contributed by atoms with van der Waals surface area (Å²) in [5.74, 6) is 0.0319. The van der Waals surface area contributed by atoms with Crippen molar-refractivity contribution < 1.29 is 9.59 Å². The van der Waals surface area contributed by atoms with Crippen molar-refractivity contribution in [3.63, 3.8) is 0 Å². The Morgan fingerprint density at radius 3 is 2.42 bits per heavy atom. The highest BCUT2D eigenvalue weighted by molar-refractivity contribution is 9.10. The van der Waals surface area contributed by atoms with Gasteiger partial charge in [0.25, 0.3) is 0 Å². The Hall–Kier alpha value is -1.62. The Morgan fingerprint density at radius 1 is 1.21 bits per heavy atom. The number of hydrazine groups is 1. The topological polar surface area (TPSA) is 58.2 Å². The lowest BCUT2D eigenvalue weighted by molar-refractivity contribution is -0.123. The Bertz CT molecular complexity index is 519. The highest BCUT2D eigenvalue weighted by Gasteiger charge is 2.29. The molecule has 0 radical (unpaired) electrons. The summed E-state index contributed by atoms with van der Waals surface area (Å²) in [5, 5.41) is 0. The molecular formula is C14H15BrN2O2. The quantitative estimate of drug-likeness (QED) is 0.497. The van der Waals surface area contributed by atoms with Gasteiger partial charge in [-0.1, -0.05) is 15.9 Å². The zero-order valence-electron chi connectivity index (χ0n) is 10.6. The highest BCUT2D eigenvalue weighted by Crippen LogP contribution is 2.28. The molecule has 100 valence electrons. The van der Waals surface area contributed by atoms with Crippen molar-refractivity contribution in [1.82, 2.24) is 10.9 Å². The van der Waals surface area contributed by atoms with Crippen molar-refractivity contribution in [2.75, 3.05) is 0 Å². The van der Waals surface area contributed by atoms with Crippen molar-refractivity contribution in [3.05, 3.63) is 46.1 Å². The standard InChI is InChI=1S/C14H15BrN2O2/c1-9(16-17-14(19)11-2-3-11)8-13(18)10-4-6-12(15)7-5-10/h4-8,11,16H,2-3H2,1H3,(H,17,19)/b9-8-. The first-order valence-electron chi connectivity index (χ1n) is 6.10. The van der Waals surface area contributed by atoms with Gasteiger partial charge in [0.15, 0.2) is 5.78 Å². The number of rotatable bonds is 5. The fourth-order valence-corrected chi connectivity index (χ4v) is 1.80. The van der Waals surface area contributed by atoms with Crippen molar-refractivity contribution >= 4 is 27.6 Å². The predicted molar refractivity (Wildman–Crippen MR) is 76.2 cm³/mol. The second-order valence-electron chi connectivity index (χ2n) is 4.59. The van der Waals surface area contributed by atoms with Crippen LogP contribution in [0.3, 0.4) is 0 Å². The summed E-state index contributed by atoms with van der Waals surface area (Å²) in [6.07, 6.45) is 3.37. The summed E-state index contributed by atoms with van der Waals surface area (Å²) in [7, 11) is 0. The Morgan fingerprint density at radius 2 is 1.84 bits per heavy atom. The number of halogens is 1. The van der Waals surface area contributed by atoms with Gasteiger partial charge in [-0.3, -0.25) is 15.0 Å².